The van der Waals surface area contributed by atoms with Crippen LogP contribution in [0.1, 0.15) is 24.0 Å². The Hall–Kier alpha value is -2.16. The van der Waals surface area contributed by atoms with Crippen LogP contribution in [0.4, 0.5) is 10.1 Å². The summed E-state index contributed by atoms with van der Waals surface area (Å²) in [6.45, 7) is 1.87. The lowest BCUT2D eigenvalue weighted by molar-refractivity contribution is -0.116. The van der Waals surface area contributed by atoms with Gasteiger partial charge in [-0.05, 0) is 43.0 Å². The molecule has 0 saturated carbocycles. The summed E-state index contributed by atoms with van der Waals surface area (Å²) in [5, 5.41) is 2.62. The quantitative estimate of drug-likeness (QED) is 0.871. The molecule has 0 atom stereocenters. The molecule has 2 aromatic carbocycles. The first kappa shape index (κ1) is 14.3. The Morgan fingerprint density at radius 1 is 1.15 bits per heavy atom. The van der Waals surface area contributed by atoms with Crippen LogP contribution in [0.2, 0.25) is 0 Å². The van der Waals surface area contributed by atoms with E-state index in [1.807, 2.05) is 37.3 Å². The van der Waals surface area contributed by atoms with Crippen LogP contribution >= 0.6 is 0 Å². The fraction of sp³-hybridized carbons (Fsp3) is 0.235. The second-order valence-electron chi connectivity index (χ2n) is 4.87. The molecule has 0 radical (unpaired) electrons. The lowest BCUT2D eigenvalue weighted by atomic mass is 10.1. The van der Waals surface area contributed by atoms with Gasteiger partial charge in [-0.15, -0.1) is 0 Å². The van der Waals surface area contributed by atoms with Crippen LogP contribution in [0.25, 0.3) is 0 Å². The van der Waals surface area contributed by atoms with Crippen LogP contribution in [-0.4, -0.2) is 5.91 Å². The topological polar surface area (TPSA) is 29.1 Å². The van der Waals surface area contributed by atoms with Crippen molar-refractivity contribution >= 4 is 11.6 Å². The van der Waals surface area contributed by atoms with Crippen molar-refractivity contribution in [2.75, 3.05) is 5.32 Å². The van der Waals surface area contributed by atoms with Crippen molar-refractivity contribution in [1.82, 2.24) is 0 Å². The molecule has 0 aliphatic rings. The highest BCUT2D eigenvalue weighted by atomic mass is 19.1. The Bertz CT molecular complexity index is 581. The minimum absolute atomic E-state index is 0.148. The van der Waals surface area contributed by atoms with E-state index in [4.69, 9.17) is 0 Å². The molecule has 0 unspecified atom stereocenters. The minimum Gasteiger partial charge on any atom is -0.324 e. The van der Waals surface area contributed by atoms with Gasteiger partial charge in [0.15, 0.2) is 0 Å². The lowest BCUT2D eigenvalue weighted by Crippen LogP contribution is -2.12. The number of amides is 1. The number of halogens is 1. The van der Waals surface area contributed by atoms with E-state index in [1.54, 1.807) is 12.1 Å². The number of rotatable bonds is 5. The Labute approximate surface area is 118 Å². The van der Waals surface area contributed by atoms with E-state index in [1.165, 1.54) is 11.6 Å². The van der Waals surface area contributed by atoms with E-state index in [0.29, 0.717) is 6.42 Å². The molecule has 0 bridgehead atoms. The second-order valence-corrected chi connectivity index (χ2v) is 4.87. The molecular weight excluding hydrogens is 253 g/mol. The number of nitrogens with one attached hydrogen (secondary N) is 1. The predicted octanol–water partition coefficient (Wildman–Crippen LogP) is 4.10. The summed E-state index contributed by atoms with van der Waals surface area (Å²) in [5.74, 6) is -0.544. The standard InChI is InChI=1S/C17H18FNO/c1-13-10-11-15(18)16(12-13)19-17(20)9-5-8-14-6-3-2-4-7-14/h2-4,6-7,10-12H,5,8-9H2,1H3,(H,19,20). The van der Waals surface area contributed by atoms with Crippen LogP contribution in [0.5, 0.6) is 0 Å². The molecule has 0 saturated heterocycles. The van der Waals surface area contributed by atoms with E-state index in [0.717, 1.165) is 18.4 Å². The molecule has 3 heteroatoms. The molecule has 0 aliphatic carbocycles. The Kier molecular flexibility index (Phi) is 4.88. The number of hydrogen-bond donors (Lipinski definition) is 1. The van der Waals surface area contributed by atoms with Crippen LogP contribution in [0.3, 0.4) is 0 Å². The summed E-state index contributed by atoms with van der Waals surface area (Å²) < 4.78 is 13.5. The van der Waals surface area contributed by atoms with Gasteiger partial charge in [-0.1, -0.05) is 36.4 Å². The Balaban J connectivity index is 1.82. The minimum atomic E-state index is -0.396. The van der Waals surface area contributed by atoms with Gasteiger partial charge in [0, 0.05) is 6.42 Å². The summed E-state index contributed by atoms with van der Waals surface area (Å²) in [5.41, 5.74) is 2.39. The molecule has 2 nitrogen and oxygen atoms in total. The van der Waals surface area contributed by atoms with Crippen LogP contribution < -0.4 is 5.32 Å². The highest BCUT2D eigenvalue weighted by Crippen LogP contribution is 2.16. The zero-order valence-electron chi connectivity index (χ0n) is 11.5. The molecule has 20 heavy (non-hydrogen) atoms. The van der Waals surface area contributed by atoms with Gasteiger partial charge in [0.1, 0.15) is 5.82 Å². The monoisotopic (exact) mass is 271 g/mol. The second kappa shape index (κ2) is 6.85. The molecule has 1 N–H and O–H groups in total. The van der Waals surface area contributed by atoms with E-state index in [-0.39, 0.29) is 11.6 Å². The van der Waals surface area contributed by atoms with E-state index < -0.39 is 5.82 Å². The highest BCUT2D eigenvalue weighted by Gasteiger charge is 2.07. The average molecular weight is 271 g/mol. The molecule has 104 valence electrons. The summed E-state index contributed by atoms with van der Waals surface area (Å²) in [6.07, 6.45) is 2.00. The van der Waals surface area contributed by atoms with Crippen molar-refractivity contribution in [1.29, 1.82) is 0 Å². The fourth-order valence-electron chi connectivity index (χ4n) is 2.05. The molecule has 0 aromatic heterocycles. The van der Waals surface area contributed by atoms with E-state index in [2.05, 4.69) is 5.32 Å². The zero-order valence-corrected chi connectivity index (χ0v) is 11.5. The largest absolute Gasteiger partial charge is 0.324 e. The fourth-order valence-corrected chi connectivity index (χ4v) is 2.05. The van der Waals surface area contributed by atoms with E-state index >= 15 is 0 Å². The molecule has 2 aromatic rings. The normalized spacial score (nSPS) is 10.3. The van der Waals surface area contributed by atoms with Crippen molar-refractivity contribution in [3.05, 3.63) is 65.5 Å². The first-order valence-electron chi connectivity index (χ1n) is 6.75. The maximum absolute atomic E-state index is 13.5. The van der Waals surface area contributed by atoms with Gasteiger partial charge in [-0.3, -0.25) is 4.79 Å². The summed E-state index contributed by atoms with van der Waals surface area (Å²) >= 11 is 0. The summed E-state index contributed by atoms with van der Waals surface area (Å²) in [6, 6.07) is 14.7. The number of aryl methyl sites for hydroxylation is 2. The van der Waals surface area contributed by atoms with E-state index in [9.17, 15) is 9.18 Å². The third kappa shape index (κ3) is 4.19. The highest BCUT2D eigenvalue weighted by molar-refractivity contribution is 5.90. The summed E-state index contributed by atoms with van der Waals surface area (Å²) in [7, 11) is 0. The first-order valence-corrected chi connectivity index (χ1v) is 6.75. The first-order chi connectivity index (χ1) is 9.65. The number of anilines is 1. The van der Waals surface area contributed by atoms with Crippen molar-refractivity contribution in [2.24, 2.45) is 0 Å². The maximum Gasteiger partial charge on any atom is 0.224 e. The van der Waals surface area contributed by atoms with Gasteiger partial charge in [-0.2, -0.15) is 0 Å². The lowest BCUT2D eigenvalue weighted by Gasteiger charge is -2.07. The third-order valence-corrected chi connectivity index (χ3v) is 3.11. The molecule has 0 heterocycles. The number of carbonyl (C=O) groups excluding carboxylic acids is 1. The maximum atomic E-state index is 13.5. The molecular formula is C17H18FNO. The average Bonchev–Trinajstić information content (AvgIpc) is 2.44. The van der Waals surface area contributed by atoms with Crippen molar-refractivity contribution in [2.45, 2.75) is 26.2 Å². The summed E-state index contributed by atoms with van der Waals surface area (Å²) in [4.78, 5) is 11.8. The smallest absolute Gasteiger partial charge is 0.224 e. The number of benzene rings is 2. The third-order valence-electron chi connectivity index (χ3n) is 3.11. The zero-order chi connectivity index (χ0) is 14.4. The molecule has 0 spiro atoms. The van der Waals surface area contributed by atoms with Gasteiger partial charge < -0.3 is 5.32 Å². The molecule has 2 rings (SSSR count). The Morgan fingerprint density at radius 3 is 2.65 bits per heavy atom. The van der Waals surface area contributed by atoms with Crippen molar-refractivity contribution < 1.29 is 9.18 Å². The van der Waals surface area contributed by atoms with Gasteiger partial charge >= 0.3 is 0 Å². The van der Waals surface area contributed by atoms with Gasteiger partial charge in [0.05, 0.1) is 5.69 Å². The van der Waals surface area contributed by atoms with Crippen molar-refractivity contribution in [3.8, 4) is 0 Å². The van der Waals surface area contributed by atoms with Crippen LogP contribution in [0.15, 0.2) is 48.5 Å². The predicted molar refractivity (Wildman–Crippen MR) is 79.1 cm³/mol. The molecule has 1 amide bonds. The van der Waals surface area contributed by atoms with Gasteiger partial charge in [-0.25, -0.2) is 4.39 Å². The van der Waals surface area contributed by atoms with Gasteiger partial charge in [0.25, 0.3) is 0 Å². The van der Waals surface area contributed by atoms with Crippen LogP contribution in [0, 0.1) is 12.7 Å². The SMILES string of the molecule is Cc1ccc(F)c(NC(=O)CCCc2ccccc2)c1. The van der Waals surface area contributed by atoms with Gasteiger partial charge in [0.2, 0.25) is 5.91 Å². The number of carbonyl (C=O) groups is 1. The van der Waals surface area contributed by atoms with Crippen LogP contribution in [-0.2, 0) is 11.2 Å². The molecule has 0 fully saturated rings. The van der Waals surface area contributed by atoms with Crippen molar-refractivity contribution in [3.63, 3.8) is 0 Å². The number of hydrogen-bond acceptors (Lipinski definition) is 1. The Morgan fingerprint density at radius 2 is 1.90 bits per heavy atom. The molecule has 0 aliphatic heterocycles.